The van der Waals surface area contributed by atoms with Gasteiger partial charge in [0.1, 0.15) is 0 Å². The number of hydrogen-bond donors (Lipinski definition) is 1. The number of fused-ring (bicyclic) bond motifs is 2. The van der Waals surface area contributed by atoms with Crippen molar-refractivity contribution in [2.45, 2.75) is 12.8 Å². The van der Waals surface area contributed by atoms with Crippen LogP contribution in [-0.2, 0) is 6.42 Å². The summed E-state index contributed by atoms with van der Waals surface area (Å²) < 4.78 is 10.5. The Morgan fingerprint density at radius 1 is 1.10 bits per heavy atom. The van der Waals surface area contributed by atoms with Crippen LogP contribution in [0.2, 0.25) is 0 Å². The van der Waals surface area contributed by atoms with Crippen molar-refractivity contribution in [3.05, 3.63) is 48.0 Å². The summed E-state index contributed by atoms with van der Waals surface area (Å²) in [5.74, 6) is 0.900. The second-order valence-electron chi connectivity index (χ2n) is 4.91. The van der Waals surface area contributed by atoms with Gasteiger partial charge in [0.2, 0.25) is 5.06 Å². The molecule has 0 spiro atoms. The standard InChI is InChI=1S/C16H14N2OS/c1-2-8-13-12(7-1)16(20-18-13)19-14-9-3-5-11-6-4-10-17-15(11)14/h1-3,5,7-9,17H,4,6,10H2. The van der Waals surface area contributed by atoms with Crippen LogP contribution in [0.4, 0.5) is 5.69 Å². The summed E-state index contributed by atoms with van der Waals surface area (Å²) >= 11 is 1.41. The van der Waals surface area contributed by atoms with Crippen LogP contribution in [0.5, 0.6) is 10.8 Å². The van der Waals surface area contributed by atoms with Gasteiger partial charge in [-0.1, -0.05) is 24.3 Å². The Morgan fingerprint density at radius 3 is 3.05 bits per heavy atom. The van der Waals surface area contributed by atoms with E-state index in [4.69, 9.17) is 4.74 Å². The maximum Gasteiger partial charge on any atom is 0.208 e. The molecule has 0 amide bonds. The molecule has 3 nitrogen and oxygen atoms in total. The summed E-state index contributed by atoms with van der Waals surface area (Å²) in [5, 5.41) is 5.39. The number of nitrogens with zero attached hydrogens (tertiary/aromatic N) is 1. The molecule has 2 aromatic carbocycles. The summed E-state index contributed by atoms with van der Waals surface area (Å²) in [5.41, 5.74) is 3.46. The van der Waals surface area contributed by atoms with E-state index in [1.165, 1.54) is 23.5 Å². The summed E-state index contributed by atoms with van der Waals surface area (Å²) in [6.45, 7) is 1.01. The normalized spacial score (nSPS) is 13.8. The first kappa shape index (κ1) is 11.7. The first-order valence-electron chi connectivity index (χ1n) is 6.80. The zero-order valence-electron chi connectivity index (χ0n) is 10.9. The first-order valence-corrected chi connectivity index (χ1v) is 7.57. The third kappa shape index (κ3) is 1.93. The van der Waals surface area contributed by atoms with Gasteiger partial charge in [-0.15, -0.1) is 0 Å². The predicted octanol–water partition coefficient (Wildman–Crippen LogP) is 4.45. The van der Waals surface area contributed by atoms with Crippen molar-refractivity contribution >= 4 is 28.1 Å². The Labute approximate surface area is 121 Å². The molecule has 2 heterocycles. The van der Waals surface area contributed by atoms with Gasteiger partial charge in [0.05, 0.1) is 16.6 Å². The minimum absolute atomic E-state index is 0.862. The molecule has 4 rings (SSSR count). The highest BCUT2D eigenvalue weighted by Gasteiger charge is 2.15. The molecular formula is C16H14N2OS. The molecule has 20 heavy (non-hydrogen) atoms. The van der Waals surface area contributed by atoms with E-state index in [9.17, 15) is 0 Å². The van der Waals surface area contributed by atoms with Crippen molar-refractivity contribution in [1.82, 2.24) is 4.37 Å². The van der Waals surface area contributed by atoms with E-state index in [-0.39, 0.29) is 0 Å². The molecule has 3 aromatic rings. The number of para-hydroxylation sites is 1. The van der Waals surface area contributed by atoms with Crippen molar-refractivity contribution in [2.75, 3.05) is 11.9 Å². The number of benzene rings is 2. The summed E-state index contributed by atoms with van der Waals surface area (Å²) in [4.78, 5) is 0. The van der Waals surface area contributed by atoms with Gasteiger partial charge in [0.25, 0.3) is 0 Å². The van der Waals surface area contributed by atoms with Crippen molar-refractivity contribution in [3.8, 4) is 10.8 Å². The number of nitrogens with one attached hydrogen (secondary N) is 1. The molecule has 0 fully saturated rings. The van der Waals surface area contributed by atoms with Crippen LogP contribution in [0.1, 0.15) is 12.0 Å². The lowest BCUT2D eigenvalue weighted by molar-refractivity contribution is 0.501. The van der Waals surface area contributed by atoms with E-state index < -0.39 is 0 Å². The van der Waals surface area contributed by atoms with Crippen molar-refractivity contribution in [1.29, 1.82) is 0 Å². The van der Waals surface area contributed by atoms with Crippen LogP contribution < -0.4 is 10.1 Å². The van der Waals surface area contributed by atoms with Gasteiger partial charge in [-0.25, -0.2) is 0 Å². The smallest absolute Gasteiger partial charge is 0.208 e. The highest BCUT2D eigenvalue weighted by molar-refractivity contribution is 7.09. The van der Waals surface area contributed by atoms with E-state index in [1.54, 1.807) is 0 Å². The summed E-state index contributed by atoms with van der Waals surface area (Å²) in [6.07, 6.45) is 2.29. The maximum absolute atomic E-state index is 6.12. The Morgan fingerprint density at radius 2 is 2.05 bits per heavy atom. The molecule has 0 atom stereocenters. The van der Waals surface area contributed by atoms with Gasteiger partial charge in [0, 0.05) is 18.1 Å². The van der Waals surface area contributed by atoms with E-state index >= 15 is 0 Å². The Balaban J connectivity index is 1.76. The Bertz CT molecular complexity index is 766. The zero-order chi connectivity index (χ0) is 13.4. The first-order chi connectivity index (χ1) is 9.92. The summed E-state index contributed by atoms with van der Waals surface area (Å²) in [7, 11) is 0. The quantitative estimate of drug-likeness (QED) is 0.754. The minimum atomic E-state index is 0.862. The number of anilines is 1. The van der Waals surface area contributed by atoms with E-state index in [2.05, 4.69) is 27.9 Å². The maximum atomic E-state index is 6.12. The number of rotatable bonds is 2. The van der Waals surface area contributed by atoms with Crippen LogP contribution >= 0.6 is 11.5 Å². The van der Waals surface area contributed by atoms with Crippen LogP contribution in [-0.4, -0.2) is 10.9 Å². The fourth-order valence-corrected chi connectivity index (χ4v) is 3.34. The third-order valence-electron chi connectivity index (χ3n) is 3.59. The number of aromatic nitrogens is 1. The predicted molar refractivity (Wildman–Crippen MR) is 82.9 cm³/mol. The van der Waals surface area contributed by atoms with E-state index in [1.807, 2.05) is 24.3 Å². The molecule has 0 aliphatic carbocycles. The van der Waals surface area contributed by atoms with Crippen LogP contribution in [0, 0.1) is 0 Å². The molecule has 0 saturated carbocycles. The molecular weight excluding hydrogens is 268 g/mol. The van der Waals surface area contributed by atoms with Crippen LogP contribution in [0.3, 0.4) is 0 Å². The SMILES string of the molecule is c1cc2c(c(Oc3snc4ccccc34)c1)NCCC2. The van der Waals surface area contributed by atoms with E-state index in [0.717, 1.165) is 40.4 Å². The van der Waals surface area contributed by atoms with Crippen molar-refractivity contribution in [2.24, 2.45) is 0 Å². The second-order valence-corrected chi connectivity index (χ2v) is 5.65. The average Bonchev–Trinajstić information content (AvgIpc) is 2.91. The monoisotopic (exact) mass is 282 g/mol. The lowest BCUT2D eigenvalue weighted by Crippen LogP contribution is -2.12. The third-order valence-corrected chi connectivity index (χ3v) is 4.35. The summed E-state index contributed by atoms with van der Waals surface area (Å²) in [6, 6.07) is 14.3. The lowest BCUT2D eigenvalue weighted by atomic mass is 10.0. The van der Waals surface area contributed by atoms with Gasteiger partial charge in [0.15, 0.2) is 5.75 Å². The minimum Gasteiger partial charge on any atom is -0.442 e. The molecule has 4 heteroatoms. The fraction of sp³-hybridized carbons (Fsp3) is 0.188. The average molecular weight is 282 g/mol. The largest absolute Gasteiger partial charge is 0.442 e. The molecule has 0 unspecified atom stereocenters. The molecule has 1 aliphatic heterocycles. The molecule has 0 saturated heterocycles. The van der Waals surface area contributed by atoms with Crippen LogP contribution in [0.25, 0.3) is 10.9 Å². The molecule has 1 aromatic heterocycles. The topological polar surface area (TPSA) is 34.1 Å². The second kappa shape index (κ2) is 4.80. The number of hydrogen-bond acceptors (Lipinski definition) is 4. The molecule has 1 aliphatic rings. The van der Waals surface area contributed by atoms with Gasteiger partial charge in [-0.2, -0.15) is 4.37 Å². The van der Waals surface area contributed by atoms with Crippen molar-refractivity contribution in [3.63, 3.8) is 0 Å². The highest BCUT2D eigenvalue weighted by Crippen LogP contribution is 2.39. The van der Waals surface area contributed by atoms with Gasteiger partial charge < -0.3 is 10.1 Å². The highest BCUT2D eigenvalue weighted by atomic mass is 32.1. The number of ether oxygens (including phenoxy) is 1. The van der Waals surface area contributed by atoms with Gasteiger partial charge in [-0.05, 0) is 36.6 Å². The molecule has 100 valence electrons. The van der Waals surface area contributed by atoms with Crippen LogP contribution in [0.15, 0.2) is 42.5 Å². The molecule has 1 N–H and O–H groups in total. The van der Waals surface area contributed by atoms with Crippen molar-refractivity contribution < 1.29 is 4.74 Å². The van der Waals surface area contributed by atoms with Gasteiger partial charge >= 0.3 is 0 Å². The number of aryl methyl sites for hydroxylation is 1. The Kier molecular flexibility index (Phi) is 2.81. The molecule has 0 radical (unpaired) electrons. The Hall–Kier alpha value is -2.07. The zero-order valence-corrected chi connectivity index (χ0v) is 11.7. The van der Waals surface area contributed by atoms with Gasteiger partial charge in [-0.3, -0.25) is 0 Å². The lowest BCUT2D eigenvalue weighted by Gasteiger charge is -2.20. The fourth-order valence-electron chi connectivity index (χ4n) is 2.60. The molecule has 0 bridgehead atoms. The van der Waals surface area contributed by atoms with E-state index in [0.29, 0.717) is 0 Å².